The van der Waals surface area contributed by atoms with Crippen molar-refractivity contribution in [2.24, 2.45) is 5.10 Å². The van der Waals surface area contributed by atoms with Crippen LogP contribution in [0.5, 0.6) is 11.5 Å². The fourth-order valence-corrected chi connectivity index (χ4v) is 2.59. The first kappa shape index (κ1) is 19.6. The van der Waals surface area contributed by atoms with Gasteiger partial charge in [0.05, 0.1) is 30.5 Å². The average molecular weight is 396 g/mol. The molecule has 0 saturated heterocycles. The molecule has 0 aliphatic heterocycles. The lowest BCUT2D eigenvalue weighted by Gasteiger charge is -2.06. The maximum Gasteiger partial charge on any atom is 0.329 e. The topological polar surface area (TPSA) is 89.0 Å². The van der Waals surface area contributed by atoms with E-state index >= 15 is 0 Å². The van der Waals surface area contributed by atoms with Gasteiger partial charge in [0.15, 0.2) is 5.75 Å². The van der Waals surface area contributed by atoms with Crippen LogP contribution in [0.15, 0.2) is 41.5 Å². The first-order chi connectivity index (χ1) is 12.4. The van der Waals surface area contributed by atoms with Crippen molar-refractivity contribution in [3.63, 3.8) is 0 Å². The first-order valence-electron chi connectivity index (χ1n) is 7.26. The summed E-state index contributed by atoms with van der Waals surface area (Å²) >= 11 is 12.0. The molecule has 136 valence electrons. The van der Waals surface area contributed by atoms with E-state index in [0.717, 1.165) is 0 Å². The lowest BCUT2D eigenvalue weighted by molar-refractivity contribution is -0.136. The molecule has 26 heavy (non-hydrogen) atoms. The zero-order chi connectivity index (χ0) is 19.1. The molecule has 2 aromatic carbocycles. The smallest absolute Gasteiger partial charge is 0.329 e. The maximum absolute atomic E-state index is 11.8. The van der Waals surface area contributed by atoms with Crippen molar-refractivity contribution in [2.75, 3.05) is 19.5 Å². The lowest BCUT2D eigenvalue weighted by atomic mass is 10.2. The Kier molecular flexibility index (Phi) is 6.82. The standard InChI is InChI=1S/C17H15Cl2N3O4/c1-25-12-5-3-11(4-6-12)21-16(23)17(24)22-20-9-10-7-13(18)15(26-2)14(19)8-10/h3-9H,1-2H3,(H,21,23)(H,22,24)/b20-9-. The summed E-state index contributed by atoms with van der Waals surface area (Å²) in [4.78, 5) is 23.6. The molecule has 2 N–H and O–H groups in total. The predicted molar refractivity (Wildman–Crippen MR) is 100 cm³/mol. The molecule has 2 aromatic rings. The number of amides is 2. The van der Waals surface area contributed by atoms with E-state index in [1.54, 1.807) is 36.4 Å². The summed E-state index contributed by atoms with van der Waals surface area (Å²) in [5.41, 5.74) is 3.09. The average Bonchev–Trinajstić information content (AvgIpc) is 2.62. The van der Waals surface area contributed by atoms with Crippen LogP contribution in [-0.4, -0.2) is 32.2 Å². The van der Waals surface area contributed by atoms with Crippen molar-refractivity contribution in [1.82, 2.24) is 5.43 Å². The Bertz CT molecular complexity index is 815. The monoisotopic (exact) mass is 395 g/mol. The molecule has 2 rings (SSSR count). The van der Waals surface area contributed by atoms with Crippen LogP contribution in [0.25, 0.3) is 0 Å². The summed E-state index contributed by atoms with van der Waals surface area (Å²) < 4.78 is 10.0. The Balaban J connectivity index is 1.94. The van der Waals surface area contributed by atoms with Crippen molar-refractivity contribution in [2.45, 2.75) is 0 Å². The SMILES string of the molecule is COc1ccc(NC(=O)C(=O)N/N=C\c2cc(Cl)c(OC)c(Cl)c2)cc1. The third-order valence-electron chi connectivity index (χ3n) is 3.16. The van der Waals surface area contributed by atoms with E-state index < -0.39 is 11.8 Å². The van der Waals surface area contributed by atoms with Gasteiger partial charge in [0.1, 0.15) is 5.75 Å². The second-order valence-electron chi connectivity index (χ2n) is 4.90. The first-order valence-corrected chi connectivity index (χ1v) is 8.01. The molecule has 0 aliphatic carbocycles. The van der Waals surface area contributed by atoms with Gasteiger partial charge in [-0.15, -0.1) is 0 Å². The largest absolute Gasteiger partial charge is 0.497 e. The Hall–Kier alpha value is -2.77. The van der Waals surface area contributed by atoms with Gasteiger partial charge in [-0.05, 0) is 42.0 Å². The molecular weight excluding hydrogens is 381 g/mol. The Morgan fingerprint density at radius 3 is 2.15 bits per heavy atom. The maximum atomic E-state index is 11.8. The van der Waals surface area contributed by atoms with Crippen molar-refractivity contribution >= 4 is 46.9 Å². The minimum Gasteiger partial charge on any atom is -0.497 e. The Morgan fingerprint density at radius 2 is 1.62 bits per heavy atom. The molecule has 7 nitrogen and oxygen atoms in total. The fourth-order valence-electron chi connectivity index (χ4n) is 1.93. The van der Waals surface area contributed by atoms with E-state index in [9.17, 15) is 9.59 Å². The molecule has 0 radical (unpaired) electrons. The number of halogens is 2. The van der Waals surface area contributed by atoms with Crippen molar-refractivity contribution in [1.29, 1.82) is 0 Å². The third-order valence-corrected chi connectivity index (χ3v) is 3.72. The van der Waals surface area contributed by atoms with Crippen LogP contribution in [0.2, 0.25) is 10.0 Å². The summed E-state index contributed by atoms with van der Waals surface area (Å²) in [5, 5.41) is 6.73. The molecule has 9 heteroatoms. The number of ether oxygens (including phenoxy) is 2. The van der Waals surface area contributed by atoms with Gasteiger partial charge in [-0.3, -0.25) is 9.59 Å². The molecule has 0 spiro atoms. The summed E-state index contributed by atoms with van der Waals surface area (Å²) in [7, 11) is 2.98. The quantitative estimate of drug-likeness (QED) is 0.462. The van der Waals surface area contributed by atoms with E-state index in [1.165, 1.54) is 20.4 Å². The summed E-state index contributed by atoms with van der Waals surface area (Å²) in [5.74, 6) is -0.817. The minimum atomic E-state index is -0.928. The molecular formula is C17H15Cl2N3O4. The van der Waals surface area contributed by atoms with Gasteiger partial charge in [0, 0.05) is 5.69 Å². The number of nitrogens with zero attached hydrogens (tertiary/aromatic N) is 1. The number of hydrazone groups is 1. The van der Waals surface area contributed by atoms with Crippen LogP contribution >= 0.6 is 23.2 Å². The highest BCUT2D eigenvalue weighted by atomic mass is 35.5. The number of methoxy groups -OCH3 is 2. The van der Waals surface area contributed by atoms with Crippen LogP contribution in [0.4, 0.5) is 5.69 Å². The van der Waals surface area contributed by atoms with E-state index in [2.05, 4.69) is 15.8 Å². The molecule has 0 unspecified atom stereocenters. The van der Waals surface area contributed by atoms with Gasteiger partial charge < -0.3 is 14.8 Å². The molecule has 0 aliphatic rings. The van der Waals surface area contributed by atoms with Gasteiger partial charge in [-0.1, -0.05) is 23.2 Å². The highest BCUT2D eigenvalue weighted by Crippen LogP contribution is 2.33. The number of rotatable bonds is 5. The van der Waals surface area contributed by atoms with Gasteiger partial charge >= 0.3 is 11.8 Å². The zero-order valence-corrected chi connectivity index (χ0v) is 15.4. The van der Waals surface area contributed by atoms with E-state index in [4.69, 9.17) is 32.7 Å². The molecule has 0 heterocycles. The molecule has 0 bridgehead atoms. The Labute approximate surface area is 159 Å². The fraction of sp³-hybridized carbons (Fsp3) is 0.118. The zero-order valence-electron chi connectivity index (χ0n) is 13.9. The molecule has 0 saturated carbocycles. The number of hydrogen-bond acceptors (Lipinski definition) is 5. The van der Waals surface area contributed by atoms with Gasteiger partial charge in [0.25, 0.3) is 0 Å². The van der Waals surface area contributed by atoms with Crippen LogP contribution in [-0.2, 0) is 9.59 Å². The summed E-state index contributed by atoms with van der Waals surface area (Å²) in [6, 6.07) is 9.63. The molecule has 0 fully saturated rings. The number of hydrogen-bond donors (Lipinski definition) is 2. The van der Waals surface area contributed by atoms with E-state index in [-0.39, 0.29) is 0 Å². The summed E-state index contributed by atoms with van der Waals surface area (Å²) in [6.07, 6.45) is 1.30. The van der Waals surface area contributed by atoms with E-state index in [1.807, 2.05) is 0 Å². The van der Waals surface area contributed by atoms with Crippen LogP contribution in [0.3, 0.4) is 0 Å². The number of anilines is 1. The third kappa shape index (κ3) is 5.11. The normalized spacial score (nSPS) is 10.5. The van der Waals surface area contributed by atoms with Gasteiger partial charge in [0.2, 0.25) is 0 Å². The van der Waals surface area contributed by atoms with Crippen LogP contribution in [0.1, 0.15) is 5.56 Å². The van der Waals surface area contributed by atoms with Gasteiger partial charge in [-0.2, -0.15) is 5.10 Å². The second kappa shape index (κ2) is 9.07. The molecule has 0 aromatic heterocycles. The number of carbonyl (C=O) groups is 2. The molecule has 2 amide bonds. The minimum absolute atomic E-state index is 0.296. The van der Waals surface area contributed by atoms with Crippen molar-refractivity contribution in [3.8, 4) is 11.5 Å². The van der Waals surface area contributed by atoms with Crippen LogP contribution in [0, 0.1) is 0 Å². The number of carbonyl (C=O) groups excluding carboxylic acids is 2. The second-order valence-corrected chi connectivity index (χ2v) is 5.71. The molecule has 0 atom stereocenters. The van der Waals surface area contributed by atoms with Crippen molar-refractivity contribution < 1.29 is 19.1 Å². The predicted octanol–water partition coefficient (Wildman–Crippen LogP) is 3.10. The van der Waals surface area contributed by atoms with Crippen LogP contribution < -0.4 is 20.2 Å². The van der Waals surface area contributed by atoms with Crippen molar-refractivity contribution in [3.05, 3.63) is 52.0 Å². The highest BCUT2D eigenvalue weighted by Gasteiger charge is 2.13. The van der Waals surface area contributed by atoms with E-state index in [0.29, 0.717) is 32.8 Å². The summed E-state index contributed by atoms with van der Waals surface area (Å²) in [6.45, 7) is 0. The lowest BCUT2D eigenvalue weighted by Crippen LogP contribution is -2.32. The Morgan fingerprint density at radius 1 is 1.00 bits per heavy atom. The number of benzene rings is 2. The highest BCUT2D eigenvalue weighted by molar-refractivity contribution is 6.39. The van der Waals surface area contributed by atoms with Gasteiger partial charge in [-0.25, -0.2) is 5.43 Å². The number of nitrogens with one attached hydrogen (secondary N) is 2.